The Bertz CT molecular complexity index is 814. The van der Waals surface area contributed by atoms with Crippen molar-refractivity contribution in [2.75, 3.05) is 30.8 Å². The molecule has 1 N–H and O–H groups in total. The summed E-state index contributed by atoms with van der Waals surface area (Å²) in [5, 5.41) is 0.708. The molecule has 2 aromatic rings. The van der Waals surface area contributed by atoms with Gasteiger partial charge in [0.15, 0.2) is 5.16 Å². The quantitative estimate of drug-likeness (QED) is 0.658. The van der Waals surface area contributed by atoms with E-state index in [2.05, 4.69) is 36.9 Å². The Labute approximate surface area is 158 Å². The van der Waals surface area contributed by atoms with Crippen LogP contribution in [0.5, 0.6) is 0 Å². The molecule has 0 atom stereocenters. The summed E-state index contributed by atoms with van der Waals surface area (Å²) in [5.41, 5.74) is 2.96. The first-order chi connectivity index (χ1) is 12.7. The van der Waals surface area contributed by atoms with Gasteiger partial charge in [-0.2, -0.15) is 0 Å². The Balaban J connectivity index is 1.43. The number of hydrogen-bond acceptors (Lipinski definition) is 6. The van der Waals surface area contributed by atoms with Crippen molar-refractivity contribution < 1.29 is 0 Å². The van der Waals surface area contributed by atoms with Crippen LogP contribution < -0.4 is 10.5 Å². The molecular formula is C19H25N5OS. The molecule has 0 saturated carbocycles. The summed E-state index contributed by atoms with van der Waals surface area (Å²) in [5.74, 6) is 1.09. The summed E-state index contributed by atoms with van der Waals surface area (Å²) in [7, 11) is 0. The highest BCUT2D eigenvalue weighted by atomic mass is 32.2. The van der Waals surface area contributed by atoms with E-state index >= 15 is 0 Å². The molecule has 26 heavy (non-hydrogen) atoms. The number of nitrogens with zero attached hydrogens (tertiary/aromatic N) is 4. The van der Waals surface area contributed by atoms with Gasteiger partial charge in [0.05, 0.1) is 11.3 Å². The molecule has 6 nitrogen and oxygen atoms in total. The number of nitrogens with one attached hydrogen (secondary N) is 1. The third-order valence-electron chi connectivity index (χ3n) is 5.21. The number of thioether (sulfide) groups is 1. The number of piperidine rings is 1. The van der Waals surface area contributed by atoms with Gasteiger partial charge >= 0.3 is 0 Å². The molecular weight excluding hydrogens is 346 g/mol. The molecule has 0 spiro atoms. The smallest absolute Gasteiger partial charge is 0.256 e. The van der Waals surface area contributed by atoms with Crippen LogP contribution >= 0.6 is 11.8 Å². The van der Waals surface area contributed by atoms with Crippen LogP contribution in [0.1, 0.15) is 36.1 Å². The predicted octanol–water partition coefficient (Wildman–Crippen LogP) is 2.44. The van der Waals surface area contributed by atoms with Gasteiger partial charge in [-0.1, -0.05) is 17.8 Å². The van der Waals surface area contributed by atoms with Crippen LogP contribution in [0.3, 0.4) is 0 Å². The fraction of sp³-hybridized carbons (Fsp3) is 0.526. The van der Waals surface area contributed by atoms with Gasteiger partial charge in [0.1, 0.15) is 5.82 Å². The zero-order valence-corrected chi connectivity index (χ0v) is 16.0. The SMILES string of the molecule is CSc1nc2c(c(=O)[nH]1)CN(Cc1ccc(N3CCCCC3)nc1)CC2. The number of rotatable bonds is 4. The number of H-pyrrole nitrogens is 1. The Morgan fingerprint density at radius 1 is 1.19 bits per heavy atom. The van der Waals surface area contributed by atoms with E-state index in [-0.39, 0.29) is 5.56 Å². The first-order valence-corrected chi connectivity index (χ1v) is 10.5. The van der Waals surface area contributed by atoms with Gasteiger partial charge in [0.25, 0.3) is 5.56 Å². The molecule has 1 fully saturated rings. The summed E-state index contributed by atoms with van der Waals surface area (Å²) in [6, 6.07) is 4.31. The van der Waals surface area contributed by atoms with Crippen LogP contribution in [-0.2, 0) is 19.5 Å². The fourth-order valence-corrected chi connectivity index (χ4v) is 4.16. The normalized spacial score (nSPS) is 18.0. The summed E-state index contributed by atoms with van der Waals surface area (Å²) in [6.07, 6.45) is 8.59. The Kier molecular flexibility index (Phi) is 5.26. The van der Waals surface area contributed by atoms with E-state index in [0.29, 0.717) is 11.7 Å². The highest BCUT2D eigenvalue weighted by Crippen LogP contribution is 2.20. The maximum Gasteiger partial charge on any atom is 0.256 e. The lowest BCUT2D eigenvalue weighted by Gasteiger charge is -2.29. The zero-order chi connectivity index (χ0) is 17.9. The Morgan fingerprint density at radius 2 is 2.04 bits per heavy atom. The molecule has 0 bridgehead atoms. The molecule has 2 aliphatic rings. The molecule has 1 saturated heterocycles. The van der Waals surface area contributed by atoms with Crippen molar-refractivity contribution in [3.63, 3.8) is 0 Å². The van der Waals surface area contributed by atoms with E-state index in [1.165, 1.54) is 36.6 Å². The van der Waals surface area contributed by atoms with E-state index in [4.69, 9.17) is 0 Å². The summed E-state index contributed by atoms with van der Waals surface area (Å²) in [6.45, 7) is 4.62. The number of hydrogen-bond donors (Lipinski definition) is 1. The van der Waals surface area contributed by atoms with Crippen molar-refractivity contribution in [3.8, 4) is 0 Å². The monoisotopic (exact) mass is 371 g/mol. The minimum absolute atomic E-state index is 0.00243. The van der Waals surface area contributed by atoms with Gasteiger partial charge in [0.2, 0.25) is 0 Å². The Hall–Kier alpha value is -1.86. The van der Waals surface area contributed by atoms with Crippen LogP contribution in [0.2, 0.25) is 0 Å². The third kappa shape index (κ3) is 3.78. The minimum Gasteiger partial charge on any atom is -0.357 e. The van der Waals surface area contributed by atoms with E-state index in [0.717, 1.165) is 49.7 Å². The highest BCUT2D eigenvalue weighted by Gasteiger charge is 2.21. The van der Waals surface area contributed by atoms with Crippen molar-refractivity contribution in [1.82, 2.24) is 19.9 Å². The maximum absolute atomic E-state index is 12.3. The van der Waals surface area contributed by atoms with Crippen LogP contribution in [0.25, 0.3) is 0 Å². The fourth-order valence-electron chi connectivity index (χ4n) is 3.77. The molecule has 7 heteroatoms. The van der Waals surface area contributed by atoms with Crippen LogP contribution in [0.4, 0.5) is 5.82 Å². The number of fused-ring (bicyclic) bond motifs is 1. The van der Waals surface area contributed by atoms with Gasteiger partial charge in [-0.05, 0) is 37.1 Å². The number of aromatic nitrogens is 3. The lowest BCUT2D eigenvalue weighted by Crippen LogP contribution is -2.35. The first kappa shape index (κ1) is 17.5. The summed E-state index contributed by atoms with van der Waals surface area (Å²) >= 11 is 1.48. The van der Waals surface area contributed by atoms with Gasteiger partial charge in [0, 0.05) is 45.3 Å². The molecule has 0 unspecified atom stereocenters. The molecule has 4 rings (SSSR count). The van der Waals surface area contributed by atoms with Gasteiger partial charge in [-0.15, -0.1) is 0 Å². The molecule has 0 aliphatic carbocycles. The molecule has 2 aromatic heterocycles. The average Bonchev–Trinajstić information content (AvgIpc) is 2.69. The summed E-state index contributed by atoms with van der Waals surface area (Å²) < 4.78 is 0. The van der Waals surface area contributed by atoms with Crippen LogP contribution in [0, 0.1) is 0 Å². The van der Waals surface area contributed by atoms with E-state index < -0.39 is 0 Å². The topological polar surface area (TPSA) is 65.1 Å². The minimum atomic E-state index is 0.00243. The number of aromatic amines is 1. The molecule has 0 aromatic carbocycles. The van der Waals surface area contributed by atoms with Crippen molar-refractivity contribution in [2.45, 2.75) is 43.9 Å². The van der Waals surface area contributed by atoms with E-state index in [1.807, 2.05) is 12.5 Å². The summed E-state index contributed by atoms with van der Waals surface area (Å²) in [4.78, 5) is 29.1. The van der Waals surface area contributed by atoms with Crippen LogP contribution in [-0.4, -0.2) is 45.7 Å². The van der Waals surface area contributed by atoms with Gasteiger partial charge in [-0.25, -0.2) is 9.97 Å². The standard InChI is InChI=1S/C19H25N5OS/c1-26-19-21-16-7-10-23(13-15(16)18(25)22-19)12-14-5-6-17(20-11-14)24-8-3-2-4-9-24/h5-6,11H,2-4,7-10,12-13H2,1H3,(H,21,22,25). The lowest BCUT2D eigenvalue weighted by molar-refractivity contribution is 0.240. The third-order valence-corrected chi connectivity index (χ3v) is 5.79. The molecule has 4 heterocycles. The van der Waals surface area contributed by atoms with Gasteiger partial charge < -0.3 is 9.88 Å². The van der Waals surface area contributed by atoms with Crippen molar-refractivity contribution >= 4 is 17.6 Å². The lowest BCUT2D eigenvalue weighted by atomic mass is 10.1. The van der Waals surface area contributed by atoms with E-state index in [9.17, 15) is 4.79 Å². The Morgan fingerprint density at radius 3 is 2.77 bits per heavy atom. The van der Waals surface area contributed by atoms with Crippen molar-refractivity contribution in [3.05, 3.63) is 45.5 Å². The molecule has 0 amide bonds. The highest BCUT2D eigenvalue weighted by molar-refractivity contribution is 7.98. The maximum atomic E-state index is 12.3. The van der Waals surface area contributed by atoms with Crippen molar-refractivity contribution in [2.24, 2.45) is 0 Å². The molecule has 138 valence electrons. The van der Waals surface area contributed by atoms with Gasteiger partial charge in [-0.3, -0.25) is 9.69 Å². The van der Waals surface area contributed by atoms with E-state index in [1.54, 1.807) is 0 Å². The van der Waals surface area contributed by atoms with Crippen LogP contribution in [0.15, 0.2) is 28.3 Å². The van der Waals surface area contributed by atoms with Crippen molar-refractivity contribution in [1.29, 1.82) is 0 Å². The number of pyridine rings is 1. The predicted molar refractivity (Wildman–Crippen MR) is 105 cm³/mol. The molecule has 0 radical (unpaired) electrons. The first-order valence-electron chi connectivity index (χ1n) is 9.31. The second-order valence-corrected chi connectivity index (χ2v) is 7.83. The molecule has 2 aliphatic heterocycles. The zero-order valence-electron chi connectivity index (χ0n) is 15.2. The number of anilines is 1. The second kappa shape index (κ2) is 7.80. The largest absolute Gasteiger partial charge is 0.357 e. The average molecular weight is 372 g/mol. The second-order valence-electron chi connectivity index (χ2n) is 7.03.